The summed E-state index contributed by atoms with van der Waals surface area (Å²) < 4.78 is 0. The average Bonchev–Trinajstić information content (AvgIpc) is 2.84. The lowest BCUT2D eigenvalue weighted by molar-refractivity contribution is -0.117. The average molecular weight is 595 g/mol. The molecule has 0 aromatic heterocycles. The van der Waals surface area contributed by atoms with Crippen LogP contribution < -0.4 is 0 Å². The van der Waals surface area contributed by atoms with E-state index >= 15 is 0 Å². The molecule has 0 saturated carbocycles. The molecule has 0 atom stereocenters. The number of carbonyl (C=O) groups is 2. The van der Waals surface area contributed by atoms with Gasteiger partial charge in [0.1, 0.15) is 11.6 Å². The Balaban J connectivity index is -0.000000237. The number of halogens is 1. The highest BCUT2D eigenvalue weighted by Crippen LogP contribution is 2.24. The Labute approximate surface area is 259 Å². The molecule has 0 radical (unpaired) electrons. The molecule has 0 fully saturated rings. The van der Waals surface area contributed by atoms with Gasteiger partial charge in [0.2, 0.25) is 0 Å². The first kappa shape index (κ1) is 45.4. The fraction of sp³-hybridized carbons (Fsp3) is 0.611. The molecule has 0 aliphatic carbocycles. The Bertz CT molecular complexity index is 885. The van der Waals surface area contributed by atoms with E-state index in [4.69, 9.17) is 11.6 Å². The maximum Gasteiger partial charge on any atom is 0.134 e. The van der Waals surface area contributed by atoms with E-state index in [1.165, 1.54) is 16.7 Å². The van der Waals surface area contributed by atoms with Crippen molar-refractivity contribution in [3.05, 3.63) is 69.2 Å². The van der Waals surface area contributed by atoms with Gasteiger partial charge in [0.15, 0.2) is 0 Å². The summed E-state index contributed by atoms with van der Waals surface area (Å²) in [6.07, 6.45) is 7.31. The molecule has 2 nitrogen and oxygen atoms in total. The Kier molecular flexibility index (Phi) is 31.3. The third-order valence-corrected chi connectivity index (χ3v) is 5.00. The third-order valence-electron chi connectivity index (χ3n) is 4.65. The number of Topliss-reactive ketones (excluding diaryl/α,β-unsaturated/α-hetero) is 2. The van der Waals surface area contributed by atoms with Gasteiger partial charge in [-0.05, 0) is 84.9 Å². The lowest BCUT2D eigenvalue weighted by Gasteiger charge is -2.16. The first-order valence-electron chi connectivity index (χ1n) is 14.8. The molecule has 0 saturated heterocycles. The summed E-state index contributed by atoms with van der Waals surface area (Å²) in [5, 5.41) is 0.685. The van der Waals surface area contributed by atoms with Crippen molar-refractivity contribution in [1.82, 2.24) is 0 Å². The molecular weight excluding hydrogens is 532 g/mol. The second kappa shape index (κ2) is 27.6. The first-order valence-corrected chi connectivity index (χ1v) is 16.8. The zero-order valence-corrected chi connectivity index (χ0v) is 30.5. The Hall–Kier alpha value is -1.58. The van der Waals surface area contributed by atoms with E-state index in [1.54, 1.807) is 25.6 Å². The molecule has 2 aromatic carbocycles. The monoisotopic (exact) mass is 594 g/mol. The van der Waals surface area contributed by atoms with Crippen molar-refractivity contribution in [2.24, 2.45) is 5.41 Å². The lowest BCUT2D eigenvalue weighted by atomic mass is 9.89. The van der Waals surface area contributed by atoms with Gasteiger partial charge >= 0.3 is 0 Å². The van der Waals surface area contributed by atoms with Crippen LogP contribution in [0.15, 0.2) is 36.4 Å². The molecule has 0 N–H and O–H groups in total. The normalized spacial score (nSPS) is 9.55. The number of benzene rings is 2. The minimum Gasteiger partial charge on any atom is -0.300 e. The number of carbonyl (C=O) groups excluding carboxylic acids is 2. The molecule has 40 heavy (non-hydrogen) atoms. The molecule has 2 rings (SSSR count). The number of hydrogen-bond donors (Lipinski definition) is 0. The minimum absolute atomic E-state index is 0.145. The molecular formula is C36H63ClO2S. The summed E-state index contributed by atoms with van der Waals surface area (Å²) in [6.45, 7) is 28.6. The van der Waals surface area contributed by atoms with Crippen LogP contribution in [0, 0.1) is 12.3 Å². The lowest BCUT2D eigenvalue weighted by Crippen LogP contribution is -2.05. The van der Waals surface area contributed by atoms with E-state index in [0.717, 1.165) is 24.0 Å². The van der Waals surface area contributed by atoms with E-state index in [-0.39, 0.29) is 11.6 Å². The molecule has 0 bridgehead atoms. The van der Waals surface area contributed by atoms with Gasteiger partial charge in [-0.2, -0.15) is 11.8 Å². The first-order chi connectivity index (χ1) is 18.6. The molecule has 0 unspecified atom stereocenters. The number of aryl methyl sites for hydroxylation is 1. The maximum absolute atomic E-state index is 11.3. The van der Waals surface area contributed by atoms with Crippen LogP contribution in [0.2, 0.25) is 5.02 Å². The van der Waals surface area contributed by atoms with Crippen molar-refractivity contribution in [3.63, 3.8) is 0 Å². The Morgan fingerprint density at radius 3 is 1.60 bits per heavy atom. The highest BCUT2D eigenvalue weighted by Gasteiger charge is 2.11. The van der Waals surface area contributed by atoms with Gasteiger partial charge in [-0.15, -0.1) is 0 Å². The maximum atomic E-state index is 11.3. The van der Waals surface area contributed by atoms with Crippen molar-refractivity contribution in [1.29, 1.82) is 0 Å². The van der Waals surface area contributed by atoms with Crippen molar-refractivity contribution < 1.29 is 9.59 Å². The second-order valence-corrected chi connectivity index (χ2v) is 12.3. The molecule has 232 valence electrons. The minimum atomic E-state index is 0.145. The highest BCUT2D eigenvalue weighted by molar-refractivity contribution is 7.97. The third kappa shape index (κ3) is 26.6. The summed E-state index contributed by atoms with van der Waals surface area (Å²) >= 11 is 7.67. The smallest absolute Gasteiger partial charge is 0.134 e. The molecule has 0 heterocycles. The molecule has 4 heteroatoms. The Morgan fingerprint density at radius 1 is 0.825 bits per heavy atom. The summed E-state index contributed by atoms with van der Waals surface area (Å²) in [4.78, 5) is 22.1. The van der Waals surface area contributed by atoms with Gasteiger partial charge in [0.05, 0.1) is 0 Å². The molecule has 0 aliphatic heterocycles. The van der Waals surface area contributed by atoms with E-state index in [0.29, 0.717) is 29.2 Å². The van der Waals surface area contributed by atoms with Gasteiger partial charge < -0.3 is 0 Å². The van der Waals surface area contributed by atoms with E-state index in [9.17, 15) is 9.59 Å². The van der Waals surface area contributed by atoms with Crippen LogP contribution >= 0.6 is 23.4 Å². The van der Waals surface area contributed by atoms with Crippen molar-refractivity contribution in [3.8, 4) is 0 Å². The van der Waals surface area contributed by atoms with Gasteiger partial charge in [0, 0.05) is 17.9 Å². The van der Waals surface area contributed by atoms with Crippen LogP contribution in [0.4, 0.5) is 0 Å². The van der Waals surface area contributed by atoms with Gasteiger partial charge in [-0.25, -0.2) is 0 Å². The summed E-state index contributed by atoms with van der Waals surface area (Å²) in [6, 6.07) is 12.0. The second-order valence-electron chi connectivity index (χ2n) is 11.1. The van der Waals surface area contributed by atoms with Crippen molar-refractivity contribution >= 4 is 34.9 Å². The van der Waals surface area contributed by atoms with E-state index in [1.807, 2.05) is 65.3 Å². The van der Waals surface area contributed by atoms with Gasteiger partial charge in [-0.1, -0.05) is 125 Å². The zero-order chi connectivity index (χ0) is 32.5. The van der Waals surface area contributed by atoms with Crippen LogP contribution in [0.1, 0.15) is 130 Å². The van der Waals surface area contributed by atoms with Gasteiger partial charge in [-0.3, -0.25) is 9.59 Å². The van der Waals surface area contributed by atoms with Crippen LogP contribution in [0.25, 0.3) is 0 Å². The molecule has 0 aliphatic rings. The fourth-order valence-corrected chi connectivity index (χ4v) is 3.61. The summed E-state index contributed by atoms with van der Waals surface area (Å²) in [5.41, 5.74) is 6.56. The molecule has 2 aromatic rings. The highest BCUT2D eigenvalue weighted by atomic mass is 35.5. The standard InChI is InChI=1S/C15H22O.C10H11ClO.C5H12.C2H6S.2C2H6/c1-5-7-15-13(10-12(4)16)8-6-9-14(15)11(2)3;1-7-4-3-5-10(11)9(7)6-8(2)12;1-5(2,3)4;1-3-2;2*1-2/h6,8-9,11H,5,7,10H2,1-4H3;3-5H,6H2,1-2H3;1-4H3;1-2H3;2*1-2H3. The molecule has 0 spiro atoms. The van der Waals surface area contributed by atoms with E-state index in [2.05, 4.69) is 66.7 Å². The Morgan fingerprint density at radius 2 is 1.25 bits per heavy atom. The topological polar surface area (TPSA) is 34.1 Å². The fourth-order valence-electron chi connectivity index (χ4n) is 3.32. The predicted molar refractivity (Wildman–Crippen MR) is 187 cm³/mol. The van der Waals surface area contributed by atoms with Gasteiger partial charge in [0.25, 0.3) is 0 Å². The summed E-state index contributed by atoms with van der Waals surface area (Å²) in [7, 11) is 0. The number of thioether (sulfide) groups is 1. The zero-order valence-electron chi connectivity index (χ0n) is 29.0. The SMILES string of the molecule is CC.CC.CC(=O)Cc1c(C)cccc1Cl.CC(C)(C)C.CCCc1c(CC(C)=O)cccc1C(C)C.CSC. The van der Waals surface area contributed by atoms with Crippen LogP contribution in [0.3, 0.4) is 0 Å². The quantitative estimate of drug-likeness (QED) is 0.319. The number of ketones is 2. The predicted octanol–water partition coefficient (Wildman–Crippen LogP) is 11.8. The van der Waals surface area contributed by atoms with Crippen LogP contribution in [0.5, 0.6) is 0 Å². The van der Waals surface area contributed by atoms with Crippen molar-refractivity contribution in [2.45, 2.75) is 129 Å². The largest absolute Gasteiger partial charge is 0.300 e. The number of rotatable bonds is 7. The number of hydrogen-bond acceptors (Lipinski definition) is 3. The molecule has 0 amide bonds. The summed E-state index contributed by atoms with van der Waals surface area (Å²) in [5.74, 6) is 0.929. The van der Waals surface area contributed by atoms with Crippen molar-refractivity contribution in [2.75, 3.05) is 12.5 Å². The van der Waals surface area contributed by atoms with Crippen LogP contribution in [-0.4, -0.2) is 24.1 Å². The van der Waals surface area contributed by atoms with Crippen LogP contribution in [-0.2, 0) is 28.9 Å². The van der Waals surface area contributed by atoms with E-state index < -0.39 is 0 Å².